The molecule has 1 unspecified atom stereocenters. The molecule has 1 fully saturated rings. The summed E-state index contributed by atoms with van der Waals surface area (Å²) in [6, 6.07) is 3.65. The highest BCUT2D eigenvalue weighted by Gasteiger charge is 2.37. The topological polar surface area (TPSA) is 54.0 Å². The van der Waals surface area contributed by atoms with Crippen LogP contribution in [0.5, 0.6) is 0 Å². The minimum absolute atomic E-state index is 0. The van der Waals surface area contributed by atoms with Gasteiger partial charge < -0.3 is 10.6 Å². The van der Waals surface area contributed by atoms with Gasteiger partial charge in [0.25, 0.3) is 0 Å². The number of amides is 1. The molecule has 2 heterocycles. The van der Waals surface area contributed by atoms with Crippen LogP contribution in [0.1, 0.15) is 32.3 Å². The average Bonchev–Trinajstić information content (AvgIpc) is 2.28. The fourth-order valence-corrected chi connectivity index (χ4v) is 2.46. The predicted molar refractivity (Wildman–Crippen MR) is 79.7 cm³/mol. The lowest BCUT2D eigenvalue weighted by Crippen LogP contribution is -2.53. The number of carbonyl (C=O) groups is 1. The summed E-state index contributed by atoms with van der Waals surface area (Å²) in [7, 11) is 0. The molecule has 19 heavy (non-hydrogen) atoms. The van der Waals surface area contributed by atoms with Crippen molar-refractivity contribution in [2.45, 2.75) is 39.7 Å². The van der Waals surface area contributed by atoms with E-state index in [-0.39, 0.29) is 29.8 Å². The van der Waals surface area contributed by atoms with Crippen molar-refractivity contribution in [3.05, 3.63) is 23.9 Å². The summed E-state index contributed by atoms with van der Waals surface area (Å²) in [5.41, 5.74) is 1.09. The fourth-order valence-electron chi connectivity index (χ4n) is 2.46. The van der Waals surface area contributed by atoms with E-state index in [4.69, 9.17) is 0 Å². The van der Waals surface area contributed by atoms with E-state index in [0.29, 0.717) is 5.82 Å². The molecule has 2 N–H and O–H groups in total. The monoisotopic (exact) mass is 283 g/mol. The van der Waals surface area contributed by atoms with Crippen molar-refractivity contribution < 1.29 is 4.79 Å². The van der Waals surface area contributed by atoms with Gasteiger partial charge in [-0.3, -0.25) is 4.79 Å². The van der Waals surface area contributed by atoms with Crippen LogP contribution in [0, 0.1) is 12.3 Å². The molecule has 4 nitrogen and oxygen atoms in total. The maximum atomic E-state index is 12.3. The molecule has 1 aromatic rings. The minimum Gasteiger partial charge on any atom is -0.309 e. The van der Waals surface area contributed by atoms with E-state index < -0.39 is 0 Å². The highest BCUT2D eigenvalue weighted by atomic mass is 35.5. The van der Waals surface area contributed by atoms with Crippen molar-refractivity contribution in [3.8, 4) is 0 Å². The third-order valence-electron chi connectivity index (χ3n) is 3.56. The fraction of sp³-hybridized carbons (Fsp3) is 0.571. The van der Waals surface area contributed by atoms with E-state index in [0.717, 1.165) is 24.9 Å². The van der Waals surface area contributed by atoms with Crippen molar-refractivity contribution in [1.29, 1.82) is 0 Å². The lowest BCUT2D eigenvalue weighted by molar-refractivity contribution is -0.121. The zero-order valence-corrected chi connectivity index (χ0v) is 12.5. The molecular formula is C14H22ClN3O. The number of rotatable bonds is 2. The van der Waals surface area contributed by atoms with Gasteiger partial charge >= 0.3 is 0 Å². The van der Waals surface area contributed by atoms with Gasteiger partial charge in [0.1, 0.15) is 5.82 Å². The number of hydrogen-bond donors (Lipinski definition) is 2. The van der Waals surface area contributed by atoms with E-state index in [1.54, 1.807) is 6.20 Å². The third kappa shape index (κ3) is 3.91. The molecule has 5 heteroatoms. The first-order chi connectivity index (χ1) is 8.49. The van der Waals surface area contributed by atoms with Gasteiger partial charge in [0.2, 0.25) is 5.91 Å². The van der Waals surface area contributed by atoms with E-state index in [1.807, 2.05) is 19.1 Å². The molecular weight excluding hydrogens is 262 g/mol. The highest BCUT2D eigenvalue weighted by Crippen LogP contribution is 2.30. The lowest BCUT2D eigenvalue weighted by atomic mass is 9.77. The molecule has 0 saturated carbocycles. The Morgan fingerprint density at radius 3 is 2.89 bits per heavy atom. The molecule has 0 aliphatic carbocycles. The Labute approximate surface area is 120 Å². The molecule has 1 amide bonds. The first-order valence-corrected chi connectivity index (χ1v) is 6.46. The van der Waals surface area contributed by atoms with Gasteiger partial charge in [-0.1, -0.05) is 13.8 Å². The van der Waals surface area contributed by atoms with Gasteiger partial charge in [-0.05, 0) is 49.4 Å². The van der Waals surface area contributed by atoms with Crippen molar-refractivity contribution in [2.24, 2.45) is 5.41 Å². The standard InChI is InChI=1S/C14H21N3O.ClH/c1-10-5-8-15-11(9-10)17-13(18)12-14(2,3)6-4-7-16-12;/h5,8-9,12,16H,4,6-7H2,1-3H3,(H,15,17,18);1H. The maximum absolute atomic E-state index is 12.3. The van der Waals surface area contributed by atoms with Crippen LogP contribution < -0.4 is 10.6 Å². The van der Waals surface area contributed by atoms with Crippen molar-refractivity contribution in [2.75, 3.05) is 11.9 Å². The van der Waals surface area contributed by atoms with Crippen LogP contribution in [0.4, 0.5) is 5.82 Å². The number of anilines is 1. The van der Waals surface area contributed by atoms with Crippen molar-refractivity contribution in [3.63, 3.8) is 0 Å². The summed E-state index contributed by atoms with van der Waals surface area (Å²) in [5.74, 6) is 0.640. The molecule has 0 spiro atoms. The van der Waals surface area contributed by atoms with E-state index >= 15 is 0 Å². The quantitative estimate of drug-likeness (QED) is 0.877. The number of aromatic nitrogens is 1. The minimum atomic E-state index is -0.145. The maximum Gasteiger partial charge on any atom is 0.243 e. The molecule has 0 radical (unpaired) electrons. The average molecular weight is 284 g/mol. The van der Waals surface area contributed by atoms with E-state index in [9.17, 15) is 4.79 Å². The van der Waals surface area contributed by atoms with Crippen LogP contribution in [0.2, 0.25) is 0 Å². The Morgan fingerprint density at radius 2 is 2.26 bits per heavy atom. The summed E-state index contributed by atoms with van der Waals surface area (Å²) < 4.78 is 0. The van der Waals surface area contributed by atoms with E-state index in [2.05, 4.69) is 29.5 Å². The third-order valence-corrected chi connectivity index (χ3v) is 3.56. The molecule has 1 aromatic heterocycles. The van der Waals surface area contributed by atoms with E-state index in [1.165, 1.54) is 0 Å². The Morgan fingerprint density at radius 1 is 1.53 bits per heavy atom. The van der Waals surface area contributed by atoms with Gasteiger partial charge in [0.15, 0.2) is 0 Å². The summed E-state index contributed by atoms with van der Waals surface area (Å²) >= 11 is 0. The first kappa shape index (κ1) is 15.9. The molecule has 106 valence electrons. The molecule has 2 rings (SSSR count). The normalized spacial score (nSPS) is 21.3. The molecule has 1 aliphatic heterocycles. The molecule has 1 aliphatic rings. The summed E-state index contributed by atoms with van der Waals surface area (Å²) in [6.45, 7) is 7.16. The van der Waals surface area contributed by atoms with Crippen molar-refractivity contribution >= 4 is 24.1 Å². The van der Waals surface area contributed by atoms with Gasteiger partial charge in [-0.25, -0.2) is 4.98 Å². The van der Waals surface area contributed by atoms with Gasteiger partial charge in [-0.15, -0.1) is 12.4 Å². The number of carbonyl (C=O) groups excluding carboxylic acids is 1. The van der Waals surface area contributed by atoms with Crippen LogP contribution in [-0.2, 0) is 4.79 Å². The summed E-state index contributed by atoms with van der Waals surface area (Å²) in [5, 5.41) is 6.20. The molecule has 1 atom stereocenters. The zero-order chi connectivity index (χ0) is 13.2. The highest BCUT2D eigenvalue weighted by molar-refractivity contribution is 5.94. The second kappa shape index (κ2) is 6.35. The van der Waals surface area contributed by atoms with Crippen molar-refractivity contribution in [1.82, 2.24) is 10.3 Å². The molecule has 0 aromatic carbocycles. The number of nitrogens with one attached hydrogen (secondary N) is 2. The van der Waals surface area contributed by atoms with Crippen LogP contribution in [-0.4, -0.2) is 23.5 Å². The second-order valence-electron chi connectivity index (χ2n) is 5.69. The molecule has 0 bridgehead atoms. The SMILES string of the molecule is Cc1ccnc(NC(=O)C2NCCCC2(C)C)c1.Cl. The second-order valence-corrected chi connectivity index (χ2v) is 5.69. The van der Waals surface area contributed by atoms with Gasteiger partial charge in [0.05, 0.1) is 6.04 Å². The first-order valence-electron chi connectivity index (χ1n) is 6.46. The lowest BCUT2D eigenvalue weighted by Gasteiger charge is -2.38. The number of halogens is 1. The smallest absolute Gasteiger partial charge is 0.243 e. The van der Waals surface area contributed by atoms with Crippen LogP contribution in [0.15, 0.2) is 18.3 Å². The molecule has 1 saturated heterocycles. The Bertz CT molecular complexity index is 448. The number of piperidine rings is 1. The summed E-state index contributed by atoms with van der Waals surface area (Å²) in [4.78, 5) is 16.4. The number of hydrogen-bond acceptors (Lipinski definition) is 3. The van der Waals surface area contributed by atoms with Gasteiger partial charge in [-0.2, -0.15) is 0 Å². The van der Waals surface area contributed by atoms with Crippen LogP contribution in [0.25, 0.3) is 0 Å². The Hall–Kier alpha value is -1.13. The Balaban J connectivity index is 0.00000180. The zero-order valence-electron chi connectivity index (χ0n) is 11.7. The summed E-state index contributed by atoms with van der Waals surface area (Å²) in [6.07, 6.45) is 3.91. The van der Waals surface area contributed by atoms with Crippen LogP contribution in [0.3, 0.4) is 0 Å². The van der Waals surface area contributed by atoms with Crippen LogP contribution >= 0.6 is 12.4 Å². The van der Waals surface area contributed by atoms with Gasteiger partial charge in [0, 0.05) is 6.20 Å². The number of pyridine rings is 1. The number of nitrogens with zero attached hydrogens (tertiary/aromatic N) is 1. The number of aryl methyl sites for hydroxylation is 1. The predicted octanol–water partition coefficient (Wildman–Crippen LogP) is 2.53. The largest absolute Gasteiger partial charge is 0.309 e. The Kier molecular flexibility index (Phi) is 5.32.